The van der Waals surface area contributed by atoms with E-state index in [1.807, 2.05) is 0 Å². The molecule has 0 aliphatic rings. The third kappa shape index (κ3) is 1250. The van der Waals surface area contributed by atoms with E-state index in [2.05, 4.69) is 0 Å². The van der Waals surface area contributed by atoms with Gasteiger partial charge in [0.1, 0.15) is 0 Å². The molecule has 0 saturated carbocycles. The zero-order valence-electron chi connectivity index (χ0n) is 20.1. The van der Waals surface area contributed by atoms with Crippen LogP contribution >= 0.6 is 0 Å². The van der Waals surface area contributed by atoms with E-state index in [9.17, 15) is 0 Å². The van der Waals surface area contributed by atoms with Gasteiger partial charge in [-0.25, -0.2) is 0 Å². The predicted molar refractivity (Wildman–Crippen MR) is 60.7 cm³/mol. The molecule has 0 aliphatic heterocycles. The first-order valence-electron chi connectivity index (χ1n) is 2.68. The topological polar surface area (TPSA) is 285 Å². The molecule has 0 aromatic heterocycles. The van der Waals surface area contributed by atoms with Crippen LogP contribution in [-0.2, 0) is 34.1 Å². The Hall–Kier alpha value is 6.37. The molecular weight excluding hydrogens is 698 g/mol. The Kier molecular flexibility index (Phi) is 6870. The Morgan fingerprint density at radius 3 is 0.182 bits per heavy atom. The molecule has 0 atom stereocenters. The number of hydrogen-bond acceptors (Lipinski definition) is 12. The van der Waals surface area contributed by atoms with E-state index < -0.39 is 0 Å². The molecule has 0 spiro atoms. The number of nitrogens with zero attached hydrogens (tertiary/aromatic N) is 12. The van der Waals surface area contributed by atoms with Gasteiger partial charge in [0.15, 0.2) is 0 Å². The Morgan fingerprint density at radius 2 is 0.182 bits per heavy atom. The van der Waals surface area contributed by atoms with Crippen molar-refractivity contribution in [1.82, 2.24) is 0 Å². The van der Waals surface area contributed by atoms with E-state index in [4.69, 9.17) is 142 Å². The molecule has 0 amide bonds. The van der Waals surface area contributed by atoms with E-state index in [1.54, 1.807) is 0 Å². The van der Waals surface area contributed by atoms with Crippen molar-refractivity contribution in [3.8, 4) is 0 Å². The summed E-state index contributed by atoms with van der Waals surface area (Å²) in [4.78, 5) is 0. The number of rotatable bonds is 0. The summed E-state index contributed by atoms with van der Waals surface area (Å²) in [5, 5.41) is 75.0. The fourth-order valence-corrected chi connectivity index (χ4v) is 0. The van der Waals surface area contributed by atoms with Gasteiger partial charge in [0.05, 0.1) is 0 Å². The second kappa shape index (κ2) is 1320. The van der Waals surface area contributed by atoms with E-state index in [-0.39, 0.29) is 395 Å². The molecule has 33 heavy (non-hydrogen) atoms. The van der Waals surface area contributed by atoms with Gasteiger partial charge < -0.3 is 143 Å². The van der Waals surface area contributed by atoms with Crippen molar-refractivity contribution in [1.29, 1.82) is 63.1 Å². The van der Waals surface area contributed by atoms with Gasteiger partial charge in [0.2, 0.25) is 0 Å². The van der Waals surface area contributed by atoms with Gasteiger partial charge in [-0.05, 0) is 0 Å². The Labute approximate surface area is 520 Å². The van der Waals surface area contributed by atoms with Gasteiger partial charge in [-0.2, -0.15) is 0 Å². The Morgan fingerprint density at radius 1 is 0.182 bits per heavy atom. The molecule has 0 aliphatic carbocycles. The Bertz CT molecular complexity index is 251. The van der Waals surface area contributed by atoms with Crippen molar-refractivity contribution in [2.45, 2.75) is 0 Å². The summed E-state index contributed by atoms with van der Waals surface area (Å²) in [5.74, 6) is 0. The maximum absolute atomic E-state index is 6.25. The van der Waals surface area contributed by atoms with Crippen LogP contribution in [0.15, 0.2) is 0 Å². The molecule has 0 saturated heterocycles. The van der Waals surface area contributed by atoms with Gasteiger partial charge in [-0.3, -0.25) is 0 Å². The normalized spacial score (nSPS) is 0.727. The molecular formula is C12HFe2K7N12. The zero-order valence-corrected chi connectivity index (χ0v) is 43.1. The maximum Gasteiger partial charge on any atom is 3.00 e. The fraction of sp³-hybridized carbons (Fsp3) is 0. The molecule has 12 nitrogen and oxygen atoms in total. The maximum atomic E-state index is 6.25. The summed E-state index contributed by atoms with van der Waals surface area (Å²) in [7, 11) is 0. The predicted octanol–water partition coefficient (Wildman–Crippen LogP) is -19.7. The van der Waals surface area contributed by atoms with E-state index >= 15 is 0 Å². The van der Waals surface area contributed by atoms with Gasteiger partial charge >= 0.3 is 394 Å². The molecule has 132 valence electrons. The van der Waals surface area contributed by atoms with Crippen molar-refractivity contribution in [3.05, 3.63) is 78.9 Å². The smallest absolute Gasteiger partial charge is 1.00 e. The van der Waals surface area contributed by atoms with Gasteiger partial charge in [-0.1, -0.05) is 0 Å². The minimum absolute atomic E-state index is 0. The summed E-state index contributed by atoms with van der Waals surface area (Å²) in [6.07, 6.45) is 0. The summed E-state index contributed by atoms with van der Waals surface area (Å²) in [6, 6.07) is 0. The molecule has 0 heterocycles. The molecule has 0 N–H and O–H groups in total. The van der Waals surface area contributed by atoms with Crippen LogP contribution in [0.3, 0.4) is 0 Å². The SMILES string of the molecule is [C-]#N.[C-]#N.[C-]#N.[C-]#N.[C-]#N.[C-]#N.[C-]#N.[C-]#N.[C-]#N.[C-]#N.[C-]#N.[C-]#N.[Fe+3].[Fe+3].[H-].[K+].[K+].[K+].[K+].[K+].[K+].[K+]. The van der Waals surface area contributed by atoms with Crippen molar-refractivity contribution in [2.75, 3.05) is 0 Å². The van der Waals surface area contributed by atoms with Crippen LogP contribution < -0.4 is 360 Å². The van der Waals surface area contributed by atoms with Crippen LogP contribution in [0.2, 0.25) is 0 Å². The summed E-state index contributed by atoms with van der Waals surface area (Å²) in [6.45, 7) is 57.0. The van der Waals surface area contributed by atoms with Crippen LogP contribution in [0, 0.1) is 142 Å². The van der Waals surface area contributed by atoms with Crippen LogP contribution in [0.1, 0.15) is 1.43 Å². The second-order valence-electron chi connectivity index (χ2n) is 0. The molecule has 0 aromatic rings. The second-order valence-corrected chi connectivity index (χ2v) is 0. The molecule has 0 bridgehead atoms. The molecule has 0 fully saturated rings. The van der Waals surface area contributed by atoms with Crippen LogP contribution in [0.25, 0.3) is 0 Å². The third-order valence-electron chi connectivity index (χ3n) is 0. The summed E-state index contributed by atoms with van der Waals surface area (Å²) < 4.78 is 0. The van der Waals surface area contributed by atoms with Crippen molar-refractivity contribution < 1.29 is 395 Å². The van der Waals surface area contributed by atoms with Crippen LogP contribution in [0.4, 0.5) is 0 Å². The van der Waals surface area contributed by atoms with Crippen molar-refractivity contribution >= 4 is 0 Å². The molecule has 0 rings (SSSR count). The van der Waals surface area contributed by atoms with Gasteiger partial charge in [-0.15, -0.1) is 0 Å². The van der Waals surface area contributed by atoms with Gasteiger partial charge in [0, 0.05) is 0 Å². The summed E-state index contributed by atoms with van der Waals surface area (Å²) in [5.41, 5.74) is 0. The molecule has 2 radical (unpaired) electrons. The first-order chi connectivity index (χ1) is 12.0. The average molecular weight is 699 g/mol. The fourth-order valence-electron chi connectivity index (χ4n) is 0. The molecule has 21 heteroatoms. The van der Waals surface area contributed by atoms with E-state index in [1.165, 1.54) is 0 Å². The minimum Gasteiger partial charge on any atom is -1.00 e. The van der Waals surface area contributed by atoms with Crippen molar-refractivity contribution in [2.24, 2.45) is 0 Å². The first-order valence-corrected chi connectivity index (χ1v) is 2.68. The average Bonchev–Trinajstić information content (AvgIpc) is 2.84. The van der Waals surface area contributed by atoms with Gasteiger partial charge in [0.25, 0.3) is 0 Å². The van der Waals surface area contributed by atoms with Crippen LogP contribution in [-0.4, -0.2) is 0 Å². The largest absolute Gasteiger partial charge is 3.00 e. The van der Waals surface area contributed by atoms with E-state index in [0.29, 0.717) is 0 Å². The number of hydrogen-bond donors (Lipinski definition) is 0. The third-order valence-corrected chi connectivity index (χ3v) is 0. The van der Waals surface area contributed by atoms with Crippen molar-refractivity contribution in [3.63, 3.8) is 0 Å². The standard InChI is InChI=1S/12CN.2Fe.7K.H/c12*1-2;;;;;;;;;;/q12*-1;2*+3;7*+1;-1. The van der Waals surface area contributed by atoms with Crippen LogP contribution in [0.5, 0.6) is 0 Å². The molecule has 0 aromatic carbocycles. The quantitative estimate of drug-likeness (QED) is 0.168. The summed E-state index contributed by atoms with van der Waals surface area (Å²) >= 11 is 0. The first kappa shape index (κ1) is 172. The minimum atomic E-state index is 0. The van der Waals surface area contributed by atoms with E-state index in [0.717, 1.165) is 0 Å². The zero-order chi connectivity index (χ0) is 24.0. The molecule has 0 unspecified atom stereocenters. The monoisotopic (exact) mass is 698 g/mol. The Balaban J connectivity index is -0.00000000225.